The van der Waals surface area contributed by atoms with E-state index in [9.17, 15) is 14.0 Å². The van der Waals surface area contributed by atoms with E-state index in [1.54, 1.807) is 6.07 Å². The van der Waals surface area contributed by atoms with Crippen LogP contribution in [0.4, 0.5) is 10.1 Å². The van der Waals surface area contributed by atoms with E-state index in [2.05, 4.69) is 15.5 Å². The van der Waals surface area contributed by atoms with Gasteiger partial charge in [-0.05, 0) is 48.2 Å². The zero-order valence-electron chi connectivity index (χ0n) is 16.0. The number of anilines is 1. The van der Waals surface area contributed by atoms with Crippen LogP contribution in [0.3, 0.4) is 0 Å². The van der Waals surface area contributed by atoms with Gasteiger partial charge in [-0.25, -0.2) is 4.39 Å². The van der Waals surface area contributed by atoms with E-state index in [1.807, 2.05) is 24.3 Å². The molecule has 5 nitrogen and oxygen atoms in total. The molecule has 2 aromatic carbocycles. The molecule has 0 saturated carbocycles. The maximum Gasteiger partial charge on any atom is 0.228 e. The molecule has 2 aliphatic rings. The van der Waals surface area contributed by atoms with E-state index in [4.69, 9.17) is 11.6 Å². The van der Waals surface area contributed by atoms with Crippen LogP contribution in [-0.4, -0.2) is 35.8 Å². The van der Waals surface area contributed by atoms with E-state index in [-0.39, 0.29) is 24.3 Å². The zero-order chi connectivity index (χ0) is 20.4. The number of piperidine rings is 1. The van der Waals surface area contributed by atoms with Gasteiger partial charge in [-0.15, -0.1) is 0 Å². The van der Waals surface area contributed by atoms with Gasteiger partial charge in [-0.3, -0.25) is 14.5 Å². The van der Waals surface area contributed by atoms with Crippen molar-refractivity contribution < 1.29 is 14.0 Å². The first-order valence-electron chi connectivity index (χ1n) is 9.84. The second kappa shape index (κ2) is 8.51. The summed E-state index contributed by atoms with van der Waals surface area (Å²) in [6.45, 7) is 2.64. The van der Waals surface area contributed by atoms with Crippen LogP contribution < -0.4 is 10.6 Å². The Morgan fingerprint density at radius 3 is 2.62 bits per heavy atom. The van der Waals surface area contributed by atoms with Gasteiger partial charge in [0.25, 0.3) is 0 Å². The predicted octanol–water partition coefficient (Wildman–Crippen LogP) is 3.69. The Hall–Kier alpha value is -2.44. The topological polar surface area (TPSA) is 61.4 Å². The molecule has 2 heterocycles. The van der Waals surface area contributed by atoms with Crippen molar-refractivity contribution in [1.82, 2.24) is 10.2 Å². The molecule has 0 aliphatic carbocycles. The van der Waals surface area contributed by atoms with Crippen molar-refractivity contribution in [3.8, 4) is 0 Å². The van der Waals surface area contributed by atoms with E-state index >= 15 is 0 Å². The molecule has 1 saturated heterocycles. The van der Waals surface area contributed by atoms with Crippen LogP contribution >= 0.6 is 11.6 Å². The summed E-state index contributed by atoms with van der Waals surface area (Å²) in [5.41, 5.74) is 2.27. The van der Waals surface area contributed by atoms with E-state index in [0.717, 1.165) is 37.5 Å². The first-order chi connectivity index (χ1) is 14.0. The fourth-order valence-corrected chi connectivity index (χ4v) is 4.18. The highest BCUT2D eigenvalue weighted by atomic mass is 35.5. The van der Waals surface area contributed by atoms with Crippen LogP contribution in [0.5, 0.6) is 0 Å². The Bertz CT molecular complexity index is 911. The zero-order valence-corrected chi connectivity index (χ0v) is 16.7. The maximum absolute atomic E-state index is 13.5. The maximum atomic E-state index is 13.5. The van der Waals surface area contributed by atoms with Crippen molar-refractivity contribution in [1.29, 1.82) is 0 Å². The SMILES string of the molecule is O=C1C[C@H](C(=O)NC2CCN(Cc3ccc(Cl)cc3)CC2)c2ccc(F)cc2N1. The summed E-state index contributed by atoms with van der Waals surface area (Å²) >= 11 is 5.94. The van der Waals surface area contributed by atoms with E-state index < -0.39 is 11.7 Å². The average molecular weight is 416 g/mol. The molecular formula is C22H23ClFN3O2. The molecule has 0 aromatic heterocycles. The standard InChI is InChI=1S/C22H23ClFN3O2/c23-15-3-1-14(2-4-15)13-27-9-7-17(8-10-27)25-22(29)19-12-21(28)26-20-11-16(24)5-6-18(19)20/h1-6,11,17,19H,7-10,12-13H2,(H,25,29)(H,26,28)/t19-/m0/s1. The second-order valence-electron chi connectivity index (χ2n) is 7.72. The lowest BCUT2D eigenvalue weighted by Crippen LogP contribution is -2.46. The summed E-state index contributed by atoms with van der Waals surface area (Å²) in [4.78, 5) is 27.2. The second-order valence-corrected chi connectivity index (χ2v) is 8.16. The first-order valence-corrected chi connectivity index (χ1v) is 10.2. The number of fused-ring (bicyclic) bond motifs is 1. The van der Waals surface area contributed by atoms with Crippen LogP contribution in [-0.2, 0) is 16.1 Å². The van der Waals surface area contributed by atoms with Crippen LogP contribution in [0.2, 0.25) is 5.02 Å². The van der Waals surface area contributed by atoms with Crippen molar-refractivity contribution >= 4 is 29.1 Å². The molecule has 2 aliphatic heterocycles. The van der Waals surface area contributed by atoms with Gasteiger partial charge in [0.15, 0.2) is 0 Å². The largest absolute Gasteiger partial charge is 0.353 e. The molecular weight excluding hydrogens is 393 g/mol. The number of nitrogens with zero attached hydrogens (tertiary/aromatic N) is 1. The number of hydrogen-bond donors (Lipinski definition) is 2. The number of carbonyl (C=O) groups excluding carboxylic acids is 2. The number of amides is 2. The fourth-order valence-electron chi connectivity index (χ4n) is 4.06. The first kappa shape index (κ1) is 19.9. The van der Waals surface area contributed by atoms with Crippen LogP contribution in [0.25, 0.3) is 0 Å². The molecule has 0 spiro atoms. The van der Waals surface area contributed by atoms with Crippen LogP contribution in [0, 0.1) is 5.82 Å². The fraction of sp³-hybridized carbons (Fsp3) is 0.364. The molecule has 0 radical (unpaired) electrons. The van der Waals surface area contributed by atoms with Crippen molar-refractivity contribution in [2.75, 3.05) is 18.4 Å². The highest BCUT2D eigenvalue weighted by Gasteiger charge is 2.32. The van der Waals surface area contributed by atoms with Crippen molar-refractivity contribution in [3.05, 3.63) is 64.4 Å². The number of rotatable bonds is 4. The number of nitrogens with one attached hydrogen (secondary N) is 2. The summed E-state index contributed by atoms with van der Waals surface area (Å²) in [6, 6.07) is 12.1. The summed E-state index contributed by atoms with van der Waals surface area (Å²) in [5, 5.41) is 6.48. The molecule has 29 heavy (non-hydrogen) atoms. The molecule has 1 fully saturated rings. The third-order valence-corrected chi connectivity index (χ3v) is 5.88. The van der Waals surface area contributed by atoms with Gasteiger partial charge >= 0.3 is 0 Å². The Kier molecular flexibility index (Phi) is 5.83. The molecule has 152 valence electrons. The van der Waals surface area contributed by atoms with Crippen LogP contribution in [0.1, 0.15) is 36.3 Å². The summed E-state index contributed by atoms with van der Waals surface area (Å²) in [7, 11) is 0. The highest BCUT2D eigenvalue weighted by Crippen LogP contribution is 2.33. The molecule has 2 aromatic rings. The Morgan fingerprint density at radius 1 is 1.17 bits per heavy atom. The summed E-state index contributed by atoms with van der Waals surface area (Å²) < 4.78 is 13.5. The lowest BCUT2D eigenvalue weighted by molar-refractivity contribution is -0.127. The van der Waals surface area contributed by atoms with Crippen molar-refractivity contribution in [3.63, 3.8) is 0 Å². The van der Waals surface area contributed by atoms with Gasteiger partial charge in [0, 0.05) is 42.8 Å². The van der Waals surface area contributed by atoms with Gasteiger partial charge in [0.1, 0.15) is 5.82 Å². The van der Waals surface area contributed by atoms with E-state index in [0.29, 0.717) is 11.3 Å². The molecule has 0 bridgehead atoms. The average Bonchev–Trinajstić information content (AvgIpc) is 2.70. The van der Waals surface area contributed by atoms with Crippen molar-refractivity contribution in [2.24, 2.45) is 0 Å². The number of hydrogen-bond acceptors (Lipinski definition) is 3. The number of carbonyl (C=O) groups is 2. The Morgan fingerprint density at radius 2 is 1.90 bits per heavy atom. The highest BCUT2D eigenvalue weighted by molar-refractivity contribution is 6.30. The summed E-state index contributed by atoms with van der Waals surface area (Å²) in [5.74, 6) is -1.44. The minimum absolute atomic E-state index is 0.0813. The molecule has 1 atom stereocenters. The van der Waals surface area contributed by atoms with Crippen molar-refractivity contribution in [2.45, 2.75) is 37.8 Å². The number of halogens is 2. The Balaban J connectivity index is 1.33. The van der Waals surface area contributed by atoms with Gasteiger partial charge in [-0.1, -0.05) is 29.8 Å². The number of benzene rings is 2. The van der Waals surface area contributed by atoms with E-state index in [1.165, 1.54) is 17.7 Å². The monoisotopic (exact) mass is 415 g/mol. The normalized spacial score (nSPS) is 20.1. The quantitative estimate of drug-likeness (QED) is 0.800. The van der Waals surface area contributed by atoms with Gasteiger partial charge in [0.2, 0.25) is 11.8 Å². The number of likely N-dealkylation sites (tertiary alicyclic amines) is 1. The minimum Gasteiger partial charge on any atom is -0.353 e. The summed E-state index contributed by atoms with van der Waals surface area (Å²) in [6.07, 6.45) is 1.79. The molecule has 0 unspecified atom stereocenters. The smallest absolute Gasteiger partial charge is 0.228 e. The third kappa shape index (κ3) is 4.77. The molecule has 4 rings (SSSR count). The lowest BCUT2D eigenvalue weighted by Gasteiger charge is -2.33. The predicted molar refractivity (Wildman–Crippen MR) is 110 cm³/mol. The van der Waals surface area contributed by atoms with Crippen LogP contribution in [0.15, 0.2) is 42.5 Å². The third-order valence-electron chi connectivity index (χ3n) is 5.62. The molecule has 2 N–H and O–H groups in total. The minimum atomic E-state index is -0.577. The Labute approximate surface area is 174 Å². The lowest BCUT2D eigenvalue weighted by atomic mass is 9.89. The van der Waals surface area contributed by atoms with Gasteiger partial charge in [0.05, 0.1) is 5.92 Å². The molecule has 2 amide bonds. The molecule has 7 heteroatoms. The van der Waals surface area contributed by atoms with Gasteiger partial charge < -0.3 is 10.6 Å². The van der Waals surface area contributed by atoms with Gasteiger partial charge in [-0.2, -0.15) is 0 Å².